The summed E-state index contributed by atoms with van der Waals surface area (Å²) in [5.41, 5.74) is 3.94. The summed E-state index contributed by atoms with van der Waals surface area (Å²) in [5.74, 6) is -1.46. The minimum absolute atomic E-state index is 0.117. The molecule has 1 aromatic carbocycles. The summed E-state index contributed by atoms with van der Waals surface area (Å²) in [6.07, 6.45) is 3.07. The number of amides is 1. The van der Waals surface area contributed by atoms with Crippen LogP contribution in [0.5, 0.6) is 0 Å². The molecule has 0 bridgehead atoms. The van der Waals surface area contributed by atoms with Gasteiger partial charge in [0.1, 0.15) is 5.69 Å². The molecule has 7 nitrogen and oxygen atoms in total. The molecule has 2 aromatic heterocycles. The summed E-state index contributed by atoms with van der Waals surface area (Å²) in [5, 5.41) is 14.8. The van der Waals surface area contributed by atoms with Crippen molar-refractivity contribution in [1.29, 1.82) is 0 Å². The summed E-state index contributed by atoms with van der Waals surface area (Å²) in [6, 6.07) is 6.41. The highest BCUT2D eigenvalue weighted by molar-refractivity contribution is 7.15. The highest BCUT2D eigenvalue weighted by Crippen LogP contribution is 2.16. The Hall–Kier alpha value is -3.00. The normalized spacial score (nSPS) is 11.2. The van der Waals surface area contributed by atoms with Crippen LogP contribution in [0.3, 0.4) is 0 Å². The molecule has 3 aromatic rings. The fourth-order valence-corrected chi connectivity index (χ4v) is 2.94. The molecule has 8 heteroatoms. The molecule has 0 saturated heterocycles. The van der Waals surface area contributed by atoms with Crippen LogP contribution in [0.15, 0.2) is 40.9 Å². The van der Waals surface area contributed by atoms with Gasteiger partial charge in [0.15, 0.2) is 4.96 Å². The standard InChI is InChI=1S/C15H12N4O3S/c1-9-12(19-6-7-23-15(19)17-9)13(20)18-16-8-10-4-2-3-5-11(10)14(21)22/h2-8H,1H3,(H,18,20)(H,21,22)/b16-8-. The Labute approximate surface area is 134 Å². The Morgan fingerprint density at radius 3 is 2.96 bits per heavy atom. The summed E-state index contributed by atoms with van der Waals surface area (Å²) in [7, 11) is 0. The number of rotatable bonds is 4. The van der Waals surface area contributed by atoms with Crippen molar-refractivity contribution in [2.24, 2.45) is 5.10 Å². The lowest BCUT2D eigenvalue weighted by molar-refractivity contribution is 0.0696. The van der Waals surface area contributed by atoms with Crippen LogP contribution < -0.4 is 5.43 Å². The number of aromatic carboxylic acids is 1. The maximum atomic E-state index is 12.3. The maximum Gasteiger partial charge on any atom is 0.336 e. The Morgan fingerprint density at radius 1 is 1.39 bits per heavy atom. The number of benzene rings is 1. The first-order valence-electron chi connectivity index (χ1n) is 6.66. The zero-order valence-corrected chi connectivity index (χ0v) is 12.9. The zero-order valence-electron chi connectivity index (χ0n) is 12.1. The number of fused-ring (bicyclic) bond motifs is 1. The summed E-state index contributed by atoms with van der Waals surface area (Å²) in [4.78, 5) is 28.4. The number of nitrogens with zero attached hydrogens (tertiary/aromatic N) is 3. The van der Waals surface area contributed by atoms with E-state index in [-0.39, 0.29) is 5.56 Å². The van der Waals surface area contributed by atoms with Gasteiger partial charge < -0.3 is 5.11 Å². The SMILES string of the molecule is Cc1nc2sccn2c1C(=O)N/N=C\c1ccccc1C(=O)O. The van der Waals surface area contributed by atoms with Crippen LogP contribution in [0.25, 0.3) is 4.96 Å². The quantitative estimate of drug-likeness (QED) is 0.566. The van der Waals surface area contributed by atoms with Crippen molar-refractivity contribution >= 4 is 34.4 Å². The maximum absolute atomic E-state index is 12.3. The number of nitrogens with one attached hydrogen (secondary N) is 1. The van der Waals surface area contributed by atoms with Gasteiger partial charge in [-0.2, -0.15) is 5.10 Å². The van der Waals surface area contributed by atoms with Gasteiger partial charge in [0.05, 0.1) is 17.5 Å². The molecule has 23 heavy (non-hydrogen) atoms. The minimum Gasteiger partial charge on any atom is -0.478 e. The van der Waals surface area contributed by atoms with Crippen molar-refractivity contribution in [1.82, 2.24) is 14.8 Å². The Balaban J connectivity index is 1.81. The van der Waals surface area contributed by atoms with E-state index in [1.807, 2.05) is 5.38 Å². The molecule has 0 unspecified atom stereocenters. The fraction of sp³-hybridized carbons (Fsp3) is 0.0667. The third-order valence-corrected chi connectivity index (χ3v) is 3.97. The molecular weight excluding hydrogens is 316 g/mol. The molecule has 0 aliphatic heterocycles. The van der Waals surface area contributed by atoms with Gasteiger partial charge in [0, 0.05) is 17.1 Å². The summed E-state index contributed by atoms with van der Waals surface area (Å²) < 4.78 is 1.69. The number of hydrazone groups is 1. The van der Waals surface area contributed by atoms with E-state index in [1.54, 1.807) is 35.7 Å². The average Bonchev–Trinajstić information content (AvgIpc) is 3.07. The van der Waals surface area contributed by atoms with Crippen molar-refractivity contribution in [3.8, 4) is 0 Å². The lowest BCUT2D eigenvalue weighted by Gasteiger charge is -2.01. The fourth-order valence-electron chi connectivity index (χ4n) is 2.19. The van der Waals surface area contributed by atoms with Crippen LogP contribution >= 0.6 is 11.3 Å². The molecule has 0 aliphatic carbocycles. The van der Waals surface area contributed by atoms with E-state index in [1.165, 1.54) is 23.6 Å². The monoisotopic (exact) mass is 328 g/mol. The van der Waals surface area contributed by atoms with E-state index in [9.17, 15) is 9.59 Å². The van der Waals surface area contributed by atoms with Gasteiger partial charge in [0.2, 0.25) is 0 Å². The van der Waals surface area contributed by atoms with Gasteiger partial charge in [-0.1, -0.05) is 18.2 Å². The number of carboxylic acid groups (broad SMARTS) is 1. The minimum atomic E-state index is -1.05. The van der Waals surface area contributed by atoms with E-state index in [2.05, 4.69) is 15.5 Å². The number of hydrogen-bond donors (Lipinski definition) is 2. The predicted octanol–water partition coefficient (Wildman–Crippen LogP) is 2.17. The molecule has 0 fully saturated rings. The van der Waals surface area contributed by atoms with Crippen LogP contribution in [0.2, 0.25) is 0 Å². The van der Waals surface area contributed by atoms with Gasteiger partial charge in [-0.05, 0) is 13.0 Å². The largest absolute Gasteiger partial charge is 0.478 e. The second-order valence-electron chi connectivity index (χ2n) is 4.69. The number of hydrogen-bond acceptors (Lipinski definition) is 5. The van der Waals surface area contributed by atoms with Gasteiger partial charge in [-0.15, -0.1) is 11.3 Å². The van der Waals surface area contributed by atoms with E-state index >= 15 is 0 Å². The van der Waals surface area contributed by atoms with Crippen LogP contribution in [-0.4, -0.2) is 32.6 Å². The van der Waals surface area contributed by atoms with E-state index in [0.29, 0.717) is 17.0 Å². The molecular formula is C15H12N4O3S. The van der Waals surface area contributed by atoms with Gasteiger partial charge in [-0.3, -0.25) is 9.20 Å². The number of carbonyl (C=O) groups excluding carboxylic acids is 1. The lowest BCUT2D eigenvalue weighted by atomic mass is 10.1. The summed E-state index contributed by atoms with van der Waals surface area (Å²) >= 11 is 1.43. The summed E-state index contributed by atoms with van der Waals surface area (Å²) in [6.45, 7) is 1.75. The van der Waals surface area contributed by atoms with Crippen LogP contribution in [-0.2, 0) is 0 Å². The molecule has 3 rings (SSSR count). The molecule has 116 valence electrons. The van der Waals surface area contributed by atoms with Crippen molar-refractivity contribution in [3.05, 3.63) is 58.4 Å². The molecule has 2 heterocycles. The lowest BCUT2D eigenvalue weighted by Crippen LogP contribution is -2.20. The molecule has 2 N–H and O–H groups in total. The van der Waals surface area contributed by atoms with Crippen LogP contribution in [0.1, 0.15) is 32.1 Å². The number of imidazole rings is 1. The predicted molar refractivity (Wildman–Crippen MR) is 86.3 cm³/mol. The van der Waals surface area contributed by atoms with Gasteiger partial charge >= 0.3 is 5.97 Å². The highest BCUT2D eigenvalue weighted by atomic mass is 32.1. The van der Waals surface area contributed by atoms with Crippen molar-refractivity contribution in [3.63, 3.8) is 0 Å². The van der Waals surface area contributed by atoms with Gasteiger partial charge in [-0.25, -0.2) is 15.2 Å². The number of aromatic nitrogens is 2. The second-order valence-corrected chi connectivity index (χ2v) is 5.57. The number of carboxylic acids is 1. The Morgan fingerprint density at radius 2 is 2.17 bits per heavy atom. The number of aryl methyl sites for hydroxylation is 1. The van der Waals surface area contributed by atoms with E-state index in [0.717, 1.165) is 4.96 Å². The molecule has 0 spiro atoms. The smallest absolute Gasteiger partial charge is 0.336 e. The first-order chi connectivity index (χ1) is 11.1. The van der Waals surface area contributed by atoms with Crippen molar-refractivity contribution in [2.75, 3.05) is 0 Å². The van der Waals surface area contributed by atoms with Crippen LogP contribution in [0.4, 0.5) is 0 Å². The average molecular weight is 328 g/mol. The Bertz CT molecular complexity index is 926. The van der Waals surface area contributed by atoms with Crippen LogP contribution in [0, 0.1) is 6.92 Å². The van der Waals surface area contributed by atoms with E-state index < -0.39 is 11.9 Å². The Kier molecular flexibility index (Phi) is 3.90. The number of thiazole rings is 1. The van der Waals surface area contributed by atoms with Crippen molar-refractivity contribution < 1.29 is 14.7 Å². The molecule has 0 saturated carbocycles. The molecule has 0 atom stereocenters. The van der Waals surface area contributed by atoms with E-state index in [4.69, 9.17) is 5.11 Å². The van der Waals surface area contributed by atoms with Crippen molar-refractivity contribution in [2.45, 2.75) is 6.92 Å². The molecule has 0 aliphatic rings. The van der Waals surface area contributed by atoms with Gasteiger partial charge in [0.25, 0.3) is 5.91 Å². The molecule has 0 radical (unpaired) electrons. The second kappa shape index (κ2) is 6.01. The third kappa shape index (κ3) is 2.84. The first-order valence-corrected chi connectivity index (χ1v) is 7.54. The third-order valence-electron chi connectivity index (χ3n) is 3.21. The molecule has 1 amide bonds. The first kappa shape index (κ1) is 14.9. The topological polar surface area (TPSA) is 96.1 Å². The number of carbonyl (C=O) groups is 2. The zero-order chi connectivity index (χ0) is 16.4. The highest BCUT2D eigenvalue weighted by Gasteiger charge is 2.16.